The highest BCUT2D eigenvalue weighted by Gasteiger charge is 2.04. The van der Waals surface area contributed by atoms with Crippen molar-refractivity contribution in [2.24, 2.45) is 0 Å². The number of aromatic nitrogens is 1. The number of pyridine rings is 1. The van der Waals surface area contributed by atoms with Gasteiger partial charge in [-0.15, -0.1) is 0 Å². The first-order valence-electron chi connectivity index (χ1n) is 6.62. The van der Waals surface area contributed by atoms with Crippen molar-refractivity contribution < 1.29 is 4.74 Å². The third kappa shape index (κ3) is 2.63. The van der Waals surface area contributed by atoms with E-state index < -0.39 is 0 Å². The van der Waals surface area contributed by atoms with Crippen molar-refractivity contribution in [3.63, 3.8) is 0 Å². The summed E-state index contributed by atoms with van der Waals surface area (Å²) in [4.78, 5) is 4.29. The summed E-state index contributed by atoms with van der Waals surface area (Å²) in [5.74, 6) is 1.67. The lowest BCUT2D eigenvalue weighted by atomic mass is 10.1. The maximum atomic E-state index is 6.01. The molecule has 0 aliphatic carbocycles. The number of ether oxygens (including phenoxy) is 1. The Balaban J connectivity index is 1.95. The van der Waals surface area contributed by atoms with Gasteiger partial charge in [0.25, 0.3) is 0 Å². The topological polar surface area (TPSA) is 34.1 Å². The second-order valence-corrected chi connectivity index (χ2v) is 4.59. The molecule has 0 unspecified atom stereocenters. The molecule has 1 heterocycles. The monoisotopic (exact) mass is 264 g/mol. The van der Waals surface area contributed by atoms with Gasteiger partial charge in [-0.25, -0.2) is 0 Å². The highest BCUT2D eigenvalue weighted by Crippen LogP contribution is 2.29. The van der Waals surface area contributed by atoms with Gasteiger partial charge in [-0.05, 0) is 24.6 Å². The van der Waals surface area contributed by atoms with E-state index in [1.807, 2.05) is 43.4 Å². The van der Waals surface area contributed by atoms with Gasteiger partial charge >= 0.3 is 0 Å². The van der Waals surface area contributed by atoms with Gasteiger partial charge in [-0.2, -0.15) is 0 Å². The Hall–Kier alpha value is -2.39. The smallest absolute Gasteiger partial charge is 0.135 e. The van der Waals surface area contributed by atoms with E-state index >= 15 is 0 Å². The minimum Gasteiger partial charge on any atom is -0.457 e. The quantitative estimate of drug-likeness (QED) is 0.779. The molecule has 100 valence electrons. The molecule has 0 aliphatic heterocycles. The Labute approximate surface area is 118 Å². The Kier molecular flexibility index (Phi) is 3.61. The molecule has 3 nitrogen and oxygen atoms in total. The summed E-state index contributed by atoms with van der Waals surface area (Å²) in [6.07, 6.45) is 1.77. The number of rotatable bonds is 4. The zero-order chi connectivity index (χ0) is 13.8. The van der Waals surface area contributed by atoms with Gasteiger partial charge in [0.2, 0.25) is 0 Å². The molecule has 3 heteroatoms. The maximum absolute atomic E-state index is 6.01. The molecule has 1 N–H and O–H groups in total. The van der Waals surface area contributed by atoms with Crippen LogP contribution in [-0.2, 0) is 6.54 Å². The van der Waals surface area contributed by atoms with Crippen LogP contribution in [0.25, 0.3) is 10.8 Å². The number of hydrogen-bond donors (Lipinski definition) is 1. The molecule has 0 aliphatic rings. The molecule has 20 heavy (non-hydrogen) atoms. The largest absolute Gasteiger partial charge is 0.457 e. The predicted octanol–water partition coefficient (Wildman–Crippen LogP) is 3.75. The van der Waals surface area contributed by atoms with Crippen LogP contribution in [0.4, 0.5) is 0 Å². The summed E-state index contributed by atoms with van der Waals surface area (Å²) in [5, 5.41) is 5.38. The molecule has 0 radical (unpaired) electrons. The van der Waals surface area contributed by atoms with Crippen molar-refractivity contribution in [1.82, 2.24) is 10.3 Å². The normalized spacial score (nSPS) is 10.7. The zero-order valence-electron chi connectivity index (χ0n) is 11.3. The van der Waals surface area contributed by atoms with Gasteiger partial charge in [0, 0.05) is 24.2 Å². The molecule has 0 fully saturated rings. The van der Waals surface area contributed by atoms with Gasteiger partial charge in [-0.1, -0.05) is 36.4 Å². The van der Waals surface area contributed by atoms with E-state index in [0.29, 0.717) is 0 Å². The van der Waals surface area contributed by atoms with Gasteiger partial charge < -0.3 is 10.1 Å². The Morgan fingerprint density at radius 2 is 1.90 bits per heavy atom. The zero-order valence-corrected chi connectivity index (χ0v) is 11.3. The molecule has 0 saturated heterocycles. The second kappa shape index (κ2) is 5.72. The molecule has 3 aromatic rings. The van der Waals surface area contributed by atoms with Crippen LogP contribution < -0.4 is 10.1 Å². The van der Waals surface area contributed by atoms with E-state index in [2.05, 4.69) is 28.5 Å². The van der Waals surface area contributed by atoms with Crippen LogP contribution in [0.5, 0.6) is 11.5 Å². The molecular weight excluding hydrogens is 248 g/mol. The van der Waals surface area contributed by atoms with E-state index in [4.69, 9.17) is 4.74 Å². The minimum absolute atomic E-state index is 0.729. The van der Waals surface area contributed by atoms with Crippen LogP contribution in [0, 0.1) is 0 Å². The first-order valence-corrected chi connectivity index (χ1v) is 6.62. The van der Waals surface area contributed by atoms with Gasteiger partial charge in [0.1, 0.15) is 11.5 Å². The number of nitrogens with one attached hydrogen (secondary N) is 1. The number of fused-ring (bicyclic) bond motifs is 1. The Morgan fingerprint density at radius 3 is 2.80 bits per heavy atom. The van der Waals surface area contributed by atoms with Crippen LogP contribution >= 0.6 is 0 Å². The first kappa shape index (κ1) is 12.6. The van der Waals surface area contributed by atoms with Gasteiger partial charge in [-0.3, -0.25) is 4.98 Å². The summed E-state index contributed by atoms with van der Waals surface area (Å²) in [6, 6.07) is 18.1. The number of nitrogens with zero attached hydrogens (tertiary/aromatic N) is 1. The fourth-order valence-electron chi connectivity index (χ4n) is 2.21. The van der Waals surface area contributed by atoms with E-state index in [1.54, 1.807) is 6.20 Å². The van der Waals surface area contributed by atoms with Crippen molar-refractivity contribution in [2.45, 2.75) is 6.54 Å². The lowest BCUT2D eigenvalue weighted by molar-refractivity contribution is 0.486. The summed E-state index contributed by atoms with van der Waals surface area (Å²) in [5.41, 5.74) is 0.963. The molecule has 0 saturated carbocycles. The standard InChI is InChI=1S/C17H16N2O/c1-18-12-14-11-15(9-10-19-14)20-17-8-4-6-13-5-2-3-7-16(13)17/h2-11,18H,12H2,1H3. The van der Waals surface area contributed by atoms with Crippen molar-refractivity contribution in [2.75, 3.05) is 7.05 Å². The van der Waals surface area contributed by atoms with Gasteiger partial charge in [0.15, 0.2) is 0 Å². The van der Waals surface area contributed by atoms with Crippen molar-refractivity contribution in [3.05, 3.63) is 66.5 Å². The summed E-state index contributed by atoms with van der Waals surface area (Å²) >= 11 is 0. The number of hydrogen-bond acceptors (Lipinski definition) is 3. The van der Waals surface area contributed by atoms with Crippen LogP contribution in [0.15, 0.2) is 60.8 Å². The molecular formula is C17H16N2O. The van der Waals surface area contributed by atoms with E-state index in [0.717, 1.165) is 29.1 Å². The summed E-state index contributed by atoms with van der Waals surface area (Å²) in [6.45, 7) is 0.729. The van der Waals surface area contributed by atoms with Gasteiger partial charge in [0.05, 0.1) is 5.69 Å². The van der Waals surface area contributed by atoms with Crippen molar-refractivity contribution >= 4 is 10.8 Å². The molecule has 0 spiro atoms. The molecule has 1 aromatic heterocycles. The lowest BCUT2D eigenvalue weighted by Gasteiger charge is -2.09. The van der Waals surface area contributed by atoms with Crippen LogP contribution in [0.2, 0.25) is 0 Å². The SMILES string of the molecule is CNCc1cc(Oc2cccc3ccccc23)ccn1. The predicted molar refractivity (Wildman–Crippen MR) is 81.0 cm³/mol. The first-order chi connectivity index (χ1) is 9.86. The third-order valence-electron chi connectivity index (χ3n) is 3.12. The maximum Gasteiger partial charge on any atom is 0.135 e. The fraction of sp³-hybridized carbons (Fsp3) is 0.118. The van der Waals surface area contributed by atoms with Crippen molar-refractivity contribution in [3.8, 4) is 11.5 Å². The highest BCUT2D eigenvalue weighted by molar-refractivity contribution is 5.88. The second-order valence-electron chi connectivity index (χ2n) is 4.59. The fourth-order valence-corrected chi connectivity index (χ4v) is 2.21. The van der Waals surface area contributed by atoms with Crippen LogP contribution in [-0.4, -0.2) is 12.0 Å². The highest BCUT2D eigenvalue weighted by atomic mass is 16.5. The van der Waals surface area contributed by atoms with Crippen LogP contribution in [0.1, 0.15) is 5.69 Å². The molecule has 0 bridgehead atoms. The lowest BCUT2D eigenvalue weighted by Crippen LogP contribution is -2.06. The average molecular weight is 264 g/mol. The number of benzene rings is 2. The van der Waals surface area contributed by atoms with Crippen molar-refractivity contribution in [1.29, 1.82) is 0 Å². The van der Waals surface area contributed by atoms with E-state index in [9.17, 15) is 0 Å². The average Bonchev–Trinajstić information content (AvgIpc) is 2.48. The van der Waals surface area contributed by atoms with E-state index in [-0.39, 0.29) is 0 Å². The minimum atomic E-state index is 0.729. The molecule has 0 atom stereocenters. The Morgan fingerprint density at radius 1 is 1.05 bits per heavy atom. The third-order valence-corrected chi connectivity index (χ3v) is 3.12. The molecule has 2 aromatic carbocycles. The van der Waals surface area contributed by atoms with Crippen LogP contribution in [0.3, 0.4) is 0 Å². The summed E-state index contributed by atoms with van der Waals surface area (Å²) < 4.78 is 6.01. The molecule has 3 rings (SSSR count). The Bertz CT molecular complexity index is 720. The molecule has 0 amide bonds. The summed E-state index contributed by atoms with van der Waals surface area (Å²) in [7, 11) is 1.90. The van der Waals surface area contributed by atoms with E-state index in [1.165, 1.54) is 5.39 Å².